The monoisotopic (exact) mass is 258 g/mol. The van der Waals surface area contributed by atoms with Crippen LogP contribution in [0.4, 0.5) is 5.13 Å². The summed E-state index contributed by atoms with van der Waals surface area (Å²) in [6.07, 6.45) is 7.06. The molecule has 0 atom stereocenters. The molecule has 2 aromatic heterocycles. The van der Waals surface area contributed by atoms with Crippen LogP contribution in [0.25, 0.3) is 5.57 Å². The Labute approximate surface area is 110 Å². The first-order valence-electron chi connectivity index (χ1n) is 5.97. The van der Waals surface area contributed by atoms with Gasteiger partial charge in [-0.25, -0.2) is 4.98 Å². The number of aromatic nitrogens is 3. The van der Waals surface area contributed by atoms with E-state index in [0.29, 0.717) is 0 Å². The molecule has 0 unspecified atom stereocenters. The van der Waals surface area contributed by atoms with Gasteiger partial charge in [0.2, 0.25) is 5.13 Å². The topological polar surface area (TPSA) is 41.9 Å². The quantitative estimate of drug-likeness (QED) is 0.830. The van der Waals surface area contributed by atoms with E-state index in [9.17, 15) is 0 Å². The minimum atomic E-state index is 0.854. The van der Waals surface area contributed by atoms with Gasteiger partial charge in [0.25, 0.3) is 0 Å². The normalized spacial score (nSPS) is 15.6. The SMILES string of the molecule is Cc1nsc(N2CCC=C(c3cccnc3)C2)n1. The Bertz CT molecular complexity index is 561. The lowest BCUT2D eigenvalue weighted by Gasteiger charge is -2.26. The second-order valence-electron chi connectivity index (χ2n) is 4.31. The molecule has 2 aromatic rings. The van der Waals surface area contributed by atoms with Gasteiger partial charge < -0.3 is 4.90 Å². The molecule has 92 valence electrons. The second-order valence-corrected chi connectivity index (χ2v) is 5.04. The van der Waals surface area contributed by atoms with Gasteiger partial charge in [-0.1, -0.05) is 12.1 Å². The highest BCUT2D eigenvalue weighted by Gasteiger charge is 2.17. The summed E-state index contributed by atoms with van der Waals surface area (Å²) in [6, 6.07) is 4.08. The van der Waals surface area contributed by atoms with E-state index in [1.165, 1.54) is 22.7 Å². The fourth-order valence-corrected chi connectivity index (χ4v) is 2.78. The fraction of sp³-hybridized carbons (Fsp3) is 0.308. The van der Waals surface area contributed by atoms with Crippen LogP contribution in [0.5, 0.6) is 0 Å². The van der Waals surface area contributed by atoms with Gasteiger partial charge in [0.15, 0.2) is 0 Å². The van der Waals surface area contributed by atoms with E-state index in [-0.39, 0.29) is 0 Å². The minimum Gasteiger partial charge on any atom is -0.342 e. The van der Waals surface area contributed by atoms with Gasteiger partial charge in [-0.2, -0.15) is 4.37 Å². The molecule has 1 aliphatic rings. The Morgan fingerprint density at radius 3 is 3.06 bits per heavy atom. The number of anilines is 1. The van der Waals surface area contributed by atoms with Gasteiger partial charge in [-0.15, -0.1) is 0 Å². The van der Waals surface area contributed by atoms with Gasteiger partial charge in [0.1, 0.15) is 5.82 Å². The molecule has 3 rings (SSSR count). The Hall–Kier alpha value is -1.75. The maximum Gasteiger partial charge on any atom is 0.205 e. The van der Waals surface area contributed by atoms with Crippen molar-refractivity contribution in [2.75, 3.05) is 18.0 Å². The molecule has 0 aliphatic carbocycles. The number of hydrogen-bond donors (Lipinski definition) is 0. The third-order valence-corrected chi connectivity index (χ3v) is 3.84. The first kappa shape index (κ1) is 11.3. The summed E-state index contributed by atoms with van der Waals surface area (Å²) in [5, 5.41) is 1.02. The van der Waals surface area contributed by atoms with Crippen LogP contribution in [0.15, 0.2) is 30.6 Å². The molecule has 0 saturated heterocycles. The number of nitrogens with zero attached hydrogens (tertiary/aromatic N) is 4. The summed E-state index contributed by atoms with van der Waals surface area (Å²) in [5.41, 5.74) is 2.52. The summed E-state index contributed by atoms with van der Waals surface area (Å²) in [4.78, 5) is 10.9. The summed E-state index contributed by atoms with van der Waals surface area (Å²) in [5.74, 6) is 0.854. The first-order valence-corrected chi connectivity index (χ1v) is 6.75. The van der Waals surface area contributed by atoms with Crippen LogP contribution < -0.4 is 4.90 Å². The standard InChI is InChI=1S/C13H14N4S/c1-10-15-13(18-16-10)17-7-3-5-12(9-17)11-4-2-6-14-8-11/h2,4-6,8H,3,7,9H2,1H3. The highest BCUT2D eigenvalue weighted by molar-refractivity contribution is 7.09. The van der Waals surface area contributed by atoms with Crippen molar-refractivity contribution in [3.05, 3.63) is 42.0 Å². The molecule has 0 aromatic carbocycles. The van der Waals surface area contributed by atoms with Crippen LogP contribution in [0, 0.1) is 6.92 Å². The van der Waals surface area contributed by atoms with Crippen molar-refractivity contribution in [1.29, 1.82) is 0 Å². The van der Waals surface area contributed by atoms with Gasteiger partial charge >= 0.3 is 0 Å². The molecule has 0 bridgehead atoms. The lowest BCUT2D eigenvalue weighted by atomic mass is 10.0. The van der Waals surface area contributed by atoms with Crippen LogP contribution >= 0.6 is 11.5 Å². The molecule has 0 spiro atoms. The summed E-state index contributed by atoms with van der Waals surface area (Å²) < 4.78 is 4.25. The zero-order valence-corrected chi connectivity index (χ0v) is 11.0. The van der Waals surface area contributed by atoms with Crippen molar-refractivity contribution in [2.45, 2.75) is 13.3 Å². The summed E-state index contributed by atoms with van der Waals surface area (Å²) in [6.45, 7) is 3.83. The third kappa shape index (κ3) is 2.26. The average molecular weight is 258 g/mol. The molecule has 4 nitrogen and oxygen atoms in total. The van der Waals surface area contributed by atoms with Crippen LogP contribution in [-0.2, 0) is 0 Å². The smallest absolute Gasteiger partial charge is 0.205 e. The molecule has 0 N–H and O–H groups in total. The molecule has 18 heavy (non-hydrogen) atoms. The average Bonchev–Trinajstić information content (AvgIpc) is 2.87. The van der Waals surface area contributed by atoms with Crippen molar-refractivity contribution in [3.8, 4) is 0 Å². The van der Waals surface area contributed by atoms with Gasteiger partial charge in [-0.3, -0.25) is 4.98 Å². The lowest BCUT2D eigenvalue weighted by Crippen LogP contribution is -2.29. The van der Waals surface area contributed by atoms with Crippen LogP contribution in [0.2, 0.25) is 0 Å². The zero-order chi connectivity index (χ0) is 12.4. The summed E-state index contributed by atoms with van der Waals surface area (Å²) >= 11 is 1.48. The van der Waals surface area contributed by atoms with Crippen LogP contribution in [-0.4, -0.2) is 27.4 Å². The van der Waals surface area contributed by atoms with Gasteiger partial charge in [0.05, 0.1) is 0 Å². The number of hydrogen-bond acceptors (Lipinski definition) is 5. The molecule has 3 heterocycles. The predicted octanol–water partition coefficient (Wildman–Crippen LogP) is 2.54. The maximum atomic E-state index is 4.45. The zero-order valence-electron chi connectivity index (χ0n) is 10.2. The molecule has 0 fully saturated rings. The van der Waals surface area contributed by atoms with Crippen LogP contribution in [0.1, 0.15) is 17.8 Å². The molecule has 5 heteroatoms. The molecular weight excluding hydrogens is 244 g/mol. The molecule has 1 aliphatic heterocycles. The van der Waals surface area contributed by atoms with Gasteiger partial charge in [0, 0.05) is 37.0 Å². The highest BCUT2D eigenvalue weighted by Crippen LogP contribution is 2.25. The van der Waals surface area contributed by atoms with Gasteiger partial charge in [-0.05, 0) is 30.5 Å². The molecule has 0 saturated carbocycles. The van der Waals surface area contributed by atoms with Crippen molar-refractivity contribution >= 4 is 22.2 Å². The number of aryl methyl sites for hydroxylation is 1. The Balaban J connectivity index is 1.82. The lowest BCUT2D eigenvalue weighted by molar-refractivity contribution is 0.824. The first-order chi connectivity index (χ1) is 8.83. The van der Waals surface area contributed by atoms with Crippen molar-refractivity contribution in [1.82, 2.24) is 14.3 Å². The van der Waals surface area contributed by atoms with Crippen molar-refractivity contribution in [2.24, 2.45) is 0 Å². The highest BCUT2D eigenvalue weighted by atomic mass is 32.1. The fourth-order valence-electron chi connectivity index (χ4n) is 2.08. The molecular formula is C13H14N4S. The maximum absolute atomic E-state index is 4.45. The Kier molecular flexibility index (Phi) is 3.06. The second kappa shape index (κ2) is 4.86. The van der Waals surface area contributed by atoms with E-state index in [1.54, 1.807) is 6.20 Å². The number of pyridine rings is 1. The minimum absolute atomic E-state index is 0.854. The predicted molar refractivity (Wildman–Crippen MR) is 73.7 cm³/mol. The van der Waals surface area contributed by atoms with E-state index < -0.39 is 0 Å². The molecule has 0 amide bonds. The van der Waals surface area contributed by atoms with E-state index in [0.717, 1.165) is 30.5 Å². The van der Waals surface area contributed by atoms with Crippen molar-refractivity contribution in [3.63, 3.8) is 0 Å². The largest absolute Gasteiger partial charge is 0.342 e. The Morgan fingerprint density at radius 1 is 1.39 bits per heavy atom. The third-order valence-electron chi connectivity index (χ3n) is 2.97. The van der Waals surface area contributed by atoms with E-state index in [4.69, 9.17) is 0 Å². The van der Waals surface area contributed by atoms with Crippen LogP contribution in [0.3, 0.4) is 0 Å². The van der Waals surface area contributed by atoms with E-state index in [1.807, 2.05) is 19.2 Å². The van der Waals surface area contributed by atoms with Crippen molar-refractivity contribution < 1.29 is 0 Å². The Morgan fingerprint density at radius 2 is 2.33 bits per heavy atom. The molecule has 0 radical (unpaired) electrons. The summed E-state index contributed by atoms with van der Waals surface area (Å²) in [7, 11) is 0. The van der Waals surface area contributed by atoms with E-state index >= 15 is 0 Å². The number of rotatable bonds is 2. The van der Waals surface area contributed by atoms with E-state index in [2.05, 4.69) is 31.4 Å².